The highest BCUT2D eigenvalue weighted by molar-refractivity contribution is 5.85. The molecule has 3 aromatic rings. The lowest BCUT2D eigenvalue weighted by molar-refractivity contribution is 0.194. The predicted octanol–water partition coefficient (Wildman–Crippen LogP) is 4.40. The maximum atomic E-state index is 14.9. The molecular weight excluding hydrogens is 434 g/mol. The standard InChI is InChI=1S/C23H26F2N6.ClH/c24-17-9-11-18(12-10-17)29-13-15-30(16-14-29)22(20-7-3-4-8-21(20)25)23-26-27-28-31(23)19-5-1-2-6-19;/h3-4,7-12,19,22H,1-2,5-6,13-16H2;1H. The fourth-order valence-corrected chi connectivity index (χ4v) is 4.88. The lowest BCUT2D eigenvalue weighted by atomic mass is 10.0. The van der Waals surface area contributed by atoms with Gasteiger partial charge in [0.15, 0.2) is 5.82 Å². The zero-order chi connectivity index (χ0) is 21.2. The molecular formula is C23H27ClF2N6. The zero-order valence-electron chi connectivity index (χ0n) is 17.8. The summed E-state index contributed by atoms with van der Waals surface area (Å²) in [5, 5.41) is 12.7. The highest BCUT2D eigenvalue weighted by Gasteiger charge is 2.34. The number of hydrogen-bond acceptors (Lipinski definition) is 5. The molecule has 5 rings (SSSR count). The predicted molar refractivity (Wildman–Crippen MR) is 121 cm³/mol. The van der Waals surface area contributed by atoms with Crippen LogP contribution in [0.2, 0.25) is 0 Å². The summed E-state index contributed by atoms with van der Waals surface area (Å²) >= 11 is 0. The van der Waals surface area contributed by atoms with Crippen molar-refractivity contribution in [3.8, 4) is 0 Å². The van der Waals surface area contributed by atoms with Gasteiger partial charge in [-0.15, -0.1) is 17.5 Å². The molecule has 2 aromatic carbocycles. The second-order valence-electron chi connectivity index (χ2n) is 8.34. The Morgan fingerprint density at radius 2 is 1.56 bits per heavy atom. The Bertz CT molecular complexity index is 1010. The molecule has 2 fully saturated rings. The summed E-state index contributed by atoms with van der Waals surface area (Å²) in [6.07, 6.45) is 4.45. The first-order chi connectivity index (χ1) is 15.2. The smallest absolute Gasteiger partial charge is 0.173 e. The molecule has 0 bridgehead atoms. The SMILES string of the molecule is Cl.Fc1ccc(N2CCN(C(c3ccccc3F)c3nnnn3C3CCCC3)CC2)cc1. The molecule has 0 amide bonds. The number of halogens is 3. The van der Waals surface area contributed by atoms with Crippen molar-refractivity contribution in [1.29, 1.82) is 0 Å². The molecule has 9 heteroatoms. The van der Waals surface area contributed by atoms with Crippen molar-refractivity contribution in [2.75, 3.05) is 31.1 Å². The van der Waals surface area contributed by atoms with Gasteiger partial charge in [0.1, 0.15) is 17.7 Å². The Kier molecular flexibility index (Phi) is 7.01. The third kappa shape index (κ3) is 4.47. The van der Waals surface area contributed by atoms with E-state index < -0.39 is 0 Å². The van der Waals surface area contributed by atoms with Crippen LogP contribution in [0.1, 0.15) is 49.2 Å². The Hall–Kier alpha value is -2.58. The van der Waals surface area contributed by atoms with Gasteiger partial charge in [0.05, 0.1) is 6.04 Å². The maximum Gasteiger partial charge on any atom is 0.173 e. The van der Waals surface area contributed by atoms with Gasteiger partial charge in [-0.2, -0.15) is 0 Å². The van der Waals surface area contributed by atoms with Crippen LogP contribution in [0.15, 0.2) is 48.5 Å². The van der Waals surface area contributed by atoms with E-state index in [0.717, 1.165) is 44.7 Å². The second-order valence-corrected chi connectivity index (χ2v) is 8.34. The molecule has 1 atom stereocenters. The van der Waals surface area contributed by atoms with E-state index in [1.54, 1.807) is 18.2 Å². The van der Waals surface area contributed by atoms with Crippen molar-refractivity contribution in [3.05, 3.63) is 71.6 Å². The van der Waals surface area contributed by atoms with E-state index in [1.807, 2.05) is 16.8 Å². The molecule has 1 unspecified atom stereocenters. The van der Waals surface area contributed by atoms with Crippen LogP contribution in [0.25, 0.3) is 0 Å². The van der Waals surface area contributed by atoms with E-state index in [0.29, 0.717) is 11.4 Å². The summed E-state index contributed by atoms with van der Waals surface area (Å²) < 4.78 is 30.1. The van der Waals surface area contributed by atoms with Crippen LogP contribution < -0.4 is 4.90 Å². The highest BCUT2D eigenvalue weighted by Crippen LogP contribution is 2.35. The molecule has 1 aromatic heterocycles. The summed E-state index contributed by atoms with van der Waals surface area (Å²) in [4.78, 5) is 4.49. The number of hydrogen-bond donors (Lipinski definition) is 0. The molecule has 0 spiro atoms. The summed E-state index contributed by atoms with van der Waals surface area (Å²) in [6, 6.07) is 13.4. The van der Waals surface area contributed by atoms with Gasteiger partial charge in [-0.25, -0.2) is 13.5 Å². The number of tetrazole rings is 1. The largest absolute Gasteiger partial charge is 0.369 e. The summed E-state index contributed by atoms with van der Waals surface area (Å²) in [5.41, 5.74) is 1.60. The molecule has 6 nitrogen and oxygen atoms in total. The van der Waals surface area contributed by atoms with Gasteiger partial charge in [-0.05, 0) is 53.6 Å². The third-order valence-electron chi connectivity index (χ3n) is 6.50. The number of rotatable bonds is 5. The minimum absolute atomic E-state index is 0. The van der Waals surface area contributed by atoms with Crippen molar-refractivity contribution < 1.29 is 8.78 Å². The van der Waals surface area contributed by atoms with E-state index in [1.165, 1.54) is 31.0 Å². The molecule has 2 heterocycles. The summed E-state index contributed by atoms with van der Waals surface area (Å²) in [5.74, 6) is 0.238. The minimum Gasteiger partial charge on any atom is -0.369 e. The van der Waals surface area contributed by atoms with Crippen molar-refractivity contribution in [1.82, 2.24) is 25.1 Å². The van der Waals surface area contributed by atoms with Crippen molar-refractivity contribution in [3.63, 3.8) is 0 Å². The minimum atomic E-state index is -0.341. The average Bonchev–Trinajstić information content (AvgIpc) is 3.48. The number of anilines is 1. The first-order valence-corrected chi connectivity index (χ1v) is 11.0. The molecule has 1 saturated carbocycles. The third-order valence-corrected chi connectivity index (χ3v) is 6.50. The van der Waals surface area contributed by atoms with E-state index in [-0.39, 0.29) is 36.1 Å². The first-order valence-electron chi connectivity index (χ1n) is 11.0. The van der Waals surface area contributed by atoms with Crippen LogP contribution in [0.5, 0.6) is 0 Å². The van der Waals surface area contributed by atoms with Crippen LogP contribution in [0.4, 0.5) is 14.5 Å². The van der Waals surface area contributed by atoms with Gasteiger partial charge >= 0.3 is 0 Å². The topological polar surface area (TPSA) is 50.1 Å². The van der Waals surface area contributed by atoms with Crippen LogP contribution in [0, 0.1) is 11.6 Å². The number of nitrogens with zero attached hydrogens (tertiary/aromatic N) is 6. The number of benzene rings is 2. The van der Waals surface area contributed by atoms with Crippen molar-refractivity contribution in [2.24, 2.45) is 0 Å². The first kappa shape index (κ1) is 22.6. The highest BCUT2D eigenvalue weighted by atomic mass is 35.5. The fraction of sp³-hybridized carbons (Fsp3) is 0.435. The lowest BCUT2D eigenvalue weighted by Gasteiger charge is -2.40. The molecule has 1 aliphatic carbocycles. The summed E-state index contributed by atoms with van der Waals surface area (Å²) in [6.45, 7) is 2.99. The van der Waals surface area contributed by atoms with Gasteiger partial charge in [-0.1, -0.05) is 31.0 Å². The Morgan fingerprint density at radius 1 is 0.875 bits per heavy atom. The van der Waals surface area contributed by atoms with Crippen molar-refractivity contribution in [2.45, 2.75) is 37.8 Å². The summed E-state index contributed by atoms with van der Waals surface area (Å²) in [7, 11) is 0. The number of piperazine rings is 1. The Morgan fingerprint density at radius 3 is 2.25 bits per heavy atom. The van der Waals surface area contributed by atoms with E-state index >= 15 is 0 Å². The van der Waals surface area contributed by atoms with Gasteiger partial charge in [0.25, 0.3) is 0 Å². The van der Waals surface area contributed by atoms with Crippen LogP contribution in [0.3, 0.4) is 0 Å². The monoisotopic (exact) mass is 460 g/mol. The van der Waals surface area contributed by atoms with Gasteiger partial charge in [0.2, 0.25) is 0 Å². The van der Waals surface area contributed by atoms with Gasteiger partial charge < -0.3 is 4.90 Å². The van der Waals surface area contributed by atoms with Crippen LogP contribution in [-0.2, 0) is 0 Å². The molecule has 1 saturated heterocycles. The van der Waals surface area contributed by atoms with Crippen LogP contribution in [-0.4, -0.2) is 51.3 Å². The van der Waals surface area contributed by atoms with E-state index in [2.05, 4.69) is 25.3 Å². The van der Waals surface area contributed by atoms with Crippen LogP contribution >= 0.6 is 12.4 Å². The molecule has 32 heavy (non-hydrogen) atoms. The Labute approximate surface area is 192 Å². The second kappa shape index (κ2) is 9.92. The van der Waals surface area contributed by atoms with E-state index in [4.69, 9.17) is 0 Å². The molecule has 0 radical (unpaired) electrons. The molecule has 170 valence electrons. The normalized spacial score (nSPS) is 18.5. The lowest BCUT2D eigenvalue weighted by Crippen LogP contribution is -2.48. The fourth-order valence-electron chi connectivity index (χ4n) is 4.88. The number of aromatic nitrogens is 4. The quantitative estimate of drug-likeness (QED) is 0.565. The van der Waals surface area contributed by atoms with Gasteiger partial charge in [-0.3, -0.25) is 4.90 Å². The maximum absolute atomic E-state index is 14.9. The van der Waals surface area contributed by atoms with Gasteiger partial charge in [0, 0.05) is 37.4 Å². The molecule has 1 aliphatic heterocycles. The Balaban J connectivity index is 0.00000245. The zero-order valence-corrected chi connectivity index (χ0v) is 18.6. The van der Waals surface area contributed by atoms with Crippen molar-refractivity contribution >= 4 is 18.1 Å². The molecule has 0 N–H and O–H groups in total. The average molecular weight is 461 g/mol. The molecule has 2 aliphatic rings. The van der Waals surface area contributed by atoms with E-state index in [9.17, 15) is 8.78 Å².